The number of nitro groups is 1. The molecule has 0 bridgehead atoms. The van der Waals surface area contributed by atoms with Gasteiger partial charge in [-0.3, -0.25) is 10.1 Å². The molecule has 0 aliphatic heterocycles. The van der Waals surface area contributed by atoms with Crippen LogP contribution in [-0.4, -0.2) is 22.5 Å². The largest absolute Gasteiger partial charge is 0.345 e. The number of rotatable bonds is 5. The molecule has 1 aromatic heterocycles. The Morgan fingerprint density at radius 2 is 2.50 bits per heavy atom. The number of nitriles is 1. The molecular weight excluding hydrogens is 228 g/mol. The van der Waals surface area contributed by atoms with Gasteiger partial charge in [-0.05, 0) is 24.2 Å². The molecule has 7 heteroatoms. The van der Waals surface area contributed by atoms with E-state index in [0.717, 1.165) is 24.2 Å². The van der Waals surface area contributed by atoms with Crippen LogP contribution < -0.4 is 4.90 Å². The smallest absolute Gasteiger partial charge is 0.344 e. The fourth-order valence-electron chi connectivity index (χ4n) is 1.46. The van der Waals surface area contributed by atoms with E-state index in [1.165, 1.54) is 6.20 Å². The summed E-state index contributed by atoms with van der Waals surface area (Å²) in [6, 6.07) is 2.50. The molecule has 1 heterocycles. The van der Waals surface area contributed by atoms with Gasteiger partial charge in [0.05, 0.1) is 17.4 Å². The summed E-state index contributed by atoms with van der Waals surface area (Å²) in [5.41, 5.74) is 0. The predicted molar refractivity (Wildman–Crippen MR) is 59.4 cm³/mol. The summed E-state index contributed by atoms with van der Waals surface area (Å²) in [4.78, 5) is 16.2. The quantitative estimate of drug-likeness (QED) is 0.578. The molecule has 84 valence electrons. The van der Waals surface area contributed by atoms with Gasteiger partial charge in [0.1, 0.15) is 6.20 Å². The molecule has 0 aromatic carbocycles. The number of thiazole rings is 1. The molecule has 0 N–H and O–H groups in total. The Morgan fingerprint density at radius 3 is 3.00 bits per heavy atom. The Morgan fingerprint density at radius 1 is 1.75 bits per heavy atom. The maximum atomic E-state index is 10.5. The van der Waals surface area contributed by atoms with Gasteiger partial charge in [-0.15, -0.1) is 0 Å². The third-order valence-corrected chi connectivity index (χ3v) is 3.35. The van der Waals surface area contributed by atoms with E-state index in [0.29, 0.717) is 24.1 Å². The predicted octanol–water partition coefficient (Wildman–Crippen LogP) is 1.93. The van der Waals surface area contributed by atoms with Gasteiger partial charge < -0.3 is 4.90 Å². The Hall–Kier alpha value is -1.68. The zero-order chi connectivity index (χ0) is 11.5. The molecule has 6 nitrogen and oxygen atoms in total. The van der Waals surface area contributed by atoms with E-state index in [4.69, 9.17) is 5.26 Å². The molecule has 1 aliphatic carbocycles. The lowest BCUT2D eigenvalue weighted by molar-refractivity contribution is -0.380. The van der Waals surface area contributed by atoms with Crippen LogP contribution >= 0.6 is 11.3 Å². The molecule has 0 saturated heterocycles. The van der Waals surface area contributed by atoms with Crippen molar-refractivity contribution in [1.29, 1.82) is 5.26 Å². The zero-order valence-electron chi connectivity index (χ0n) is 8.50. The molecule has 2 rings (SSSR count). The number of hydrogen-bond donors (Lipinski definition) is 0. The minimum atomic E-state index is -0.434. The second-order valence-electron chi connectivity index (χ2n) is 3.57. The van der Waals surface area contributed by atoms with E-state index in [1.54, 1.807) is 0 Å². The van der Waals surface area contributed by atoms with Crippen LogP contribution in [0.5, 0.6) is 0 Å². The normalized spacial score (nSPS) is 14.4. The number of anilines is 1. The summed E-state index contributed by atoms with van der Waals surface area (Å²) in [6.45, 7) is 0.603. The molecule has 0 radical (unpaired) electrons. The molecule has 16 heavy (non-hydrogen) atoms. The van der Waals surface area contributed by atoms with Crippen LogP contribution in [0.4, 0.5) is 10.1 Å². The maximum absolute atomic E-state index is 10.5. The molecule has 0 atom stereocenters. The van der Waals surface area contributed by atoms with Crippen LogP contribution in [0.3, 0.4) is 0 Å². The minimum Gasteiger partial charge on any atom is -0.344 e. The first-order chi connectivity index (χ1) is 7.72. The first-order valence-corrected chi connectivity index (χ1v) is 5.78. The lowest BCUT2D eigenvalue weighted by Crippen LogP contribution is -2.26. The summed E-state index contributed by atoms with van der Waals surface area (Å²) in [7, 11) is 0. The number of hydrogen-bond acceptors (Lipinski definition) is 6. The first-order valence-electron chi connectivity index (χ1n) is 4.96. The topological polar surface area (TPSA) is 83.1 Å². The summed E-state index contributed by atoms with van der Waals surface area (Å²) in [5.74, 6) is 0. The number of nitrogens with zero attached hydrogens (tertiary/aromatic N) is 4. The van der Waals surface area contributed by atoms with Crippen LogP contribution in [0, 0.1) is 21.4 Å². The van der Waals surface area contributed by atoms with Crippen molar-refractivity contribution in [1.82, 2.24) is 4.98 Å². The van der Waals surface area contributed by atoms with Crippen molar-refractivity contribution in [2.75, 3.05) is 11.4 Å². The van der Waals surface area contributed by atoms with E-state index >= 15 is 0 Å². The molecule has 1 aliphatic rings. The van der Waals surface area contributed by atoms with Gasteiger partial charge in [0, 0.05) is 12.6 Å². The maximum Gasteiger partial charge on any atom is 0.345 e. The first kappa shape index (κ1) is 10.8. The third kappa shape index (κ3) is 2.28. The molecule has 0 amide bonds. The highest BCUT2D eigenvalue weighted by atomic mass is 32.1. The van der Waals surface area contributed by atoms with E-state index in [2.05, 4.69) is 11.1 Å². The SMILES string of the molecule is N#CCCN(c1ncc([N+](=O)[O-])s1)C1CC1. The van der Waals surface area contributed by atoms with Crippen molar-refractivity contribution in [3.05, 3.63) is 16.3 Å². The second kappa shape index (κ2) is 4.45. The van der Waals surface area contributed by atoms with Crippen LogP contribution in [0.1, 0.15) is 19.3 Å². The Kier molecular flexibility index (Phi) is 3.01. The van der Waals surface area contributed by atoms with Crippen molar-refractivity contribution in [3.8, 4) is 6.07 Å². The van der Waals surface area contributed by atoms with Gasteiger partial charge >= 0.3 is 5.00 Å². The second-order valence-corrected chi connectivity index (χ2v) is 4.56. The summed E-state index contributed by atoms with van der Waals surface area (Å²) in [6.07, 6.45) is 3.86. The Bertz CT molecular complexity index is 435. The van der Waals surface area contributed by atoms with E-state index < -0.39 is 4.92 Å². The average Bonchev–Trinajstić information content (AvgIpc) is 2.96. The molecule has 0 unspecified atom stereocenters. The van der Waals surface area contributed by atoms with E-state index in [-0.39, 0.29) is 5.00 Å². The van der Waals surface area contributed by atoms with Crippen molar-refractivity contribution >= 4 is 21.5 Å². The van der Waals surface area contributed by atoms with Crippen LogP contribution in [0.2, 0.25) is 0 Å². The Labute approximate surface area is 96.3 Å². The highest BCUT2D eigenvalue weighted by molar-refractivity contribution is 7.18. The van der Waals surface area contributed by atoms with Crippen LogP contribution in [0.25, 0.3) is 0 Å². The summed E-state index contributed by atoms with van der Waals surface area (Å²) in [5, 5.41) is 19.8. The average molecular weight is 238 g/mol. The highest BCUT2D eigenvalue weighted by Gasteiger charge is 2.31. The van der Waals surface area contributed by atoms with Gasteiger partial charge in [0.2, 0.25) is 0 Å². The monoisotopic (exact) mass is 238 g/mol. The highest BCUT2D eigenvalue weighted by Crippen LogP contribution is 2.36. The molecule has 1 saturated carbocycles. The van der Waals surface area contributed by atoms with Gasteiger partial charge in [-0.1, -0.05) is 0 Å². The van der Waals surface area contributed by atoms with Crippen LogP contribution in [-0.2, 0) is 0 Å². The van der Waals surface area contributed by atoms with Crippen LogP contribution in [0.15, 0.2) is 6.20 Å². The van der Waals surface area contributed by atoms with Crippen molar-refractivity contribution in [3.63, 3.8) is 0 Å². The fourth-order valence-corrected chi connectivity index (χ4v) is 2.29. The zero-order valence-corrected chi connectivity index (χ0v) is 9.31. The third-order valence-electron chi connectivity index (χ3n) is 2.36. The van der Waals surface area contributed by atoms with Gasteiger partial charge in [0.25, 0.3) is 0 Å². The fraction of sp³-hybridized carbons (Fsp3) is 0.556. The van der Waals surface area contributed by atoms with Gasteiger partial charge in [-0.2, -0.15) is 5.26 Å². The molecule has 1 fully saturated rings. The van der Waals surface area contributed by atoms with Crippen molar-refractivity contribution < 1.29 is 4.92 Å². The van der Waals surface area contributed by atoms with Crippen molar-refractivity contribution in [2.24, 2.45) is 0 Å². The lowest BCUT2D eigenvalue weighted by Gasteiger charge is -2.19. The molecule has 1 aromatic rings. The summed E-state index contributed by atoms with van der Waals surface area (Å²) < 4.78 is 0. The molecule has 0 spiro atoms. The molecular formula is C9H10N4O2S. The van der Waals surface area contributed by atoms with E-state index in [9.17, 15) is 10.1 Å². The van der Waals surface area contributed by atoms with E-state index in [1.807, 2.05) is 4.90 Å². The minimum absolute atomic E-state index is 0.0533. The standard InChI is InChI=1S/C9H10N4O2S/c10-4-1-5-12(7-2-3-7)9-11-6-8(16-9)13(14)15/h6-7H,1-3,5H2. The van der Waals surface area contributed by atoms with Gasteiger partial charge in [0.15, 0.2) is 5.13 Å². The lowest BCUT2D eigenvalue weighted by atomic mass is 10.4. The van der Waals surface area contributed by atoms with Gasteiger partial charge in [-0.25, -0.2) is 4.98 Å². The summed E-state index contributed by atoms with van der Waals surface area (Å²) >= 11 is 1.07. The Balaban J connectivity index is 2.12. The number of aromatic nitrogens is 1. The van der Waals surface area contributed by atoms with Crippen molar-refractivity contribution in [2.45, 2.75) is 25.3 Å².